The van der Waals surface area contributed by atoms with Crippen LogP contribution < -0.4 is 15.8 Å². The number of carbonyl (C=O) groups excluding carboxylic acids is 2. The van der Waals surface area contributed by atoms with Gasteiger partial charge in [-0.25, -0.2) is 13.6 Å². The average Bonchev–Trinajstić information content (AvgIpc) is 2.85. The number of nitrogens with one attached hydrogen (secondary N) is 2. The summed E-state index contributed by atoms with van der Waals surface area (Å²) in [6, 6.07) is 13.8. The molecular weight excluding hydrogens is 410 g/mol. The first-order valence-electron chi connectivity index (χ1n) is 9.22. The van der Waals surface area contributed by atoms with Crippen molar-refractivity contribution in [2.75, 3.05) is 11.1 Å². The van der Waals surface area contributed by atoms with Crippen molar-refractivity contribution < 1.29 is 18.0 Å². The third kappa shape index (κ3) is 6.06. The lowest BCUT2D eigenvalue weighted by atomic mass is 10.1. The van der Waals surface area contributed by atoms with Gasteiger partial charge in [-0.1, -0.05) is 30.3 Å². The standard InChI is InChI=1S/C20H23N3O4S2/c21-29(26,27)16-8-5-14(6-9-16)13-22-19(24)11-12-28-18-10-7-15-3-1-2-4-17(15)23-20(18)25/h1-6,8-9,18H,7,10-13H2,(H,22,24)(H,23,25)(H2,21,26,27)/t18-/m1/s1. The molecular formula is C20H23N3O4S2. The molecule has 2 aromatic carbocycles. The molecule has 0 fully saturated rings. The van der Waals surface area contributed by atoms with Crippen LogP contribution in [0.3, 0.4) is 0 Å². The molecule has 4 N–H and O–H groups in total. The highest BCUT2D eigenvalue weighted by molar-refractivity contribution is 8.00. The quantitative estimate of drug-likeness (QED) is 0.617. The summed E-state index contributed by atoms with van der Waals surface area (Å²) in [5, 5.41) is 10.6. The van der Waals surface area contributed by atoms with E-state index in [0.29, 0.717) is 18.7 Å². The number of thioether (sulfide) groups is 1. The van der Waals surface area contributed by atoms with E-state index >= 15 is 0 Å². The minimum absolute atomic E-state index is 0.0182. The van der Waals surface area contributed by atoms with Crippen molar-refractivity contribution in [1.29, 1.82) is 0 Å². The Labute approximate surface area is 174 Å². The molecule has 1 aliphatic rings. The highest BCUT2D eigenvalue weighted by Gasteiger charge is 2.23. The number of fused-ring (bicyclic) bond motifs is 1. The number of para-hydroxylation sites is 1. The summed E-state index contributed by atoms with van der Waals surface area (Å²) in [6.07, 6.45) is 1.87. The number of sulfonamides is 1. The minimum Gasteiger partial charge on any atom is -0.352 e. The van der Waals surface area contributed by atoms with Crippen LogP contribution in [0, 0.1) is 0 Å². The molecule has 0 radical (unpaired) electrons. The fourth-order valence-electron chi connectivity index (χ4n) is 3.03. The zero-order valence-electron chi connectivity index (χ0n) is 15.8. The molecule has 0 bridgehead atoms. The van der Waals surface area contributed by atoms with Gasteiger partial charge in [-0.15, -0.1) is 11.8 Å². The molecule has 0 saturated carbocycles. The molecule has 3 rings (SSSR count). The van der Waals surface area contributed by atoms with E-state index in [1.54, 1.807) is 12.1 Å². The Hall–Kier alpha value is -2.36. The lowest BCUT2D eigenvalue weighted by Gasteiger charge is -2.12. The van der Waals surface area contributed by atoms with E-state index in [9.17, 15) is 18.0 Å². The SMILES string of the molecule is NS(=O)(=O)c1ccc(CNC(=O)CCS[C@@H]2CCc3ccccc3NC2=O)cc1. The molecule has 0 unspecified atom stereocenters. The molecule has 0 aliphatic carbocycles. The zero-order chi connectivity index (χ0) is 20.9. The highest BCUT2D eigenvalue weighted by Crippen LogP contribution is 2.27. The van der Waals surface area contributed by atoms with Gasteiger partial charge in [-0.05, 0) is 42.2 Å². The first-order valence-corrected chi connectivity index (χ1v) is 11.8. The first kappa shape index (κ1) is 21.4. The van der Waals surface area contributed by atoms with E-state index in [1.165, 1.54) is 23.9 Å². The molecule has 1 heterocycles. The average molecular weight is 434 g/mol. The van der Waals surface area contributed by atoms with E-state index in [-0.39, 0.29) is 22.0 Å². The van der Waals surface area contributed by atoms with Crippen molar-refractivity contribution >= 4 is 39.3 Å². The van der Waals surface area contributed by atoms with E-state index in [1.807, 2.05) is 24.3 Å². The van der Waals surface area contributed by atoms with Gasteiger partial charge in [-0.2, -0.15) is 0 Å². The number of aryl methyl sites for hydroxylation is 1. The van der Waals surface area contributed by atoms with E-state index in [2.05, 4.69) is 10.6 Å². The van der Waals surface area contributed by atoms with Gasteiger partial charge in [0.05, 0.1) is 10.1 Å². The summed E-state index contributed by atoms with van der Waals surface area (Å²) in [7, 11) is -3.72. The fourth-order valence-corrected chi connectivity index (χ4v) is 4.63. The number of nitrogens with two attached hydrogens (primary N) is 1. The number of amides is 2. The summed E-state index contributed by atoms with van der Waals surface area (Å²) >= 11 is 1.49. The van der Waals surface area contributed by atoms with Gasteiger partial charge in [-0.3, -0.25) is 9.59 Å². The second-order valence-corrected chi connectivity index (χ2v) is 9.63. The molecule has 29 heavy (non-hydrogen) atoms. The van der Waals surface area contributed by atoms with Crippen molar-refractivity contribution in [1.82, 2.24) is 5.32 Å². The Morgan fingerprint density at radius 2 is 1.90 bits per heavy atom. The summed E-state index contributed by atoms with van der Waals surface area (Å²) in [6.45, 7) is 0.299. The molecule has 9 heteroatoms. The number of anilines is 1. The molecule has 7 nitrogen and oxygen atoms in total. The first-order chi connectivity index (χ1) is 13.8. The van der Waals surface area contributed by atoms with Crippen LogP contribution in [-0.2, 0) is 32.6 Å². The van der Waals surface area contributed by atoms with Crippen LogP contribution in [-0.4, -0.2) is 31.2 Å². The maximum Gasteiger partial charge on any atom is 0.238 e. The van der Waals surface area contributed by atoms with Crippen molar-refractivity contribution in [3.63, 3.8) is 0 Å². The minimum atomic E-state index is -3.72. The van der Waals surface area contributed by atoms with E-state index < -0.39 is 10.0 Å². The van der Waals surface area contributed by atoms with Crippen LogP contribution in [0.25, 0.3) is 0 Å². The molecule has 2 aromatic rings. The third-order valence-electron chi connectivity index (χ3n) is 4.63. The predicted molar refractivity (Wildman–Crippen MR) is 114 cm³/mol. The van der Waals surface area contributed by atoms with Gasteiger partial charge < -0.3 is 10.6 Å². The maximum atomic E-state index is 12.4. The Morgan fingerprint density at radius 1 is 1.17 bits per heavy atom. The highest BCUT2D eigenvalue weighted by atomic mass is 32.2. The summed E-state index contributed by atoms with van der Waals surface area (Å²) in [4.78, 5) is 24.5. The second-order valence-electron chi connectivity index (χ2n) is 6.76. The summed E-state index contributed by atoms with van der Waals surface area (Å²) < 4.78 is 22.5. The lowest BCUT2D eigenvalue weighted by Crippen LogP contribution is -2.26. The van der Waals surface area contributed by atoms with Gasteiger partial charge >= 0.3 is 0 Å². The van der Waals surface area contributed by atoms with E-state index in [0.717, 1.165) is 29.7 Å². The van der Waals surface area contributed by atoms with Crippen LogP contribution in [0.2, 0.25) is 0 Å². The molecule has 0 spiro atoms. The largest absolute Gasteiger partial charge is 0.352 e. The molecule has 154 valence electrons. The monoisotopic (exact) mass is 433 g/mol. The number of primary sulfonamides is 1. The maximum absolute atomic E-state index is 12.4. The Kier molecular flexibility index (Phi) is 6.94. The van der Waals surface area contributed by atoms with Gasteiger partial charge in [0.2, 0.25) is 21.8 Å². The Bertz CT molecular complexity index is 991. The predicted octanol–water partition coefficient (Wildman–Crippen LogP) is 2.03. The Morgan fingerprint density at radius 3 is 2.62 bits per heavy atom. The molecule has 0 saturated heterocycles. The summed E-state index contributed by atoms with van der Waals surface area (Å²) in [5.74, 6) is 0.408. The van der Waals surface area contributed by atoms with Crippen molar-refractivity contribution in [2.45, 2.75) is 36.0 Å². The van der Waals surface area contributed by atoms with E-state index in [4.69, 9.17) is 5.14 Å². The molecule has 2 amide bonds. The number of benzene rings is 2. The van der Waals surface area contributed by atoms with Crippen molar-refractivity contribution in [3.05, 3.63) is 59.7 Å². The van der Waals surface area contributed by atoms with Crippen LogP contribution >= 0.6 is 11.8 Å². The van der Waals surface area contributed by atoms with Crippen LogP contribution in [0.1, 0.15) is 24.0 Å². The topological polar surface area (TPSA) is 118 Å². The van der Waals surface area contributed by atoms with Crippen molar-refractivity contribution in [3.8, 4) is 0 Å². The lowest BCUT2D eigenvalue weighted by molar-refractivity contribution is -0.121. The smallest absolute Gasteiger partial charge is 0.238 e. The molecule has 0 aromatic heterocycles. The zero-order valence-corrected chi connectivity index (χ0v) is 17.4. The van der Waals surface area contributed by atoms with Crippen LogP contribution in [0.15, 0.2) is 53.4 Å². The normalized spacial score (nSPS) is 16.4. The number of hydrogen-bond acceptors (Lipinski definition) is 5. The number of hydrogen-bond donors (Lipinski definition) is 3. The van der Waals surface area contributed by atoms with Gasteiger partial charge in [0.1, 0.15) is 0 Å². The third-order valence-corrected chi connectivity index (χ3v) is 6.85. The van der Waals surface area contributed by atoms with Crippen LogP contribution in [0.5, 0.6) is 0 Å². The van der Waals surface area contributed by atoms with Gasteiger partial charge in [0.15, 0.2) is 0 Å². The molecule has 1 atom stereocenters. The van der Waals surface area contributed by atoms with Gasteiger partial charge in [0, 0.05) is 24.4 Å². The second kappa shape index (κ2) is 9.43. The Balaban J connectivity index is 1.41. The summed E-state index contributed by atoms with van der Waals surface area (Å²) in [5.41, 5.74) is 2.78. The molecule has 1 aliphatic heterocycles. The van der Waals surface area contributed by atoms with Gasteiger partial charge in [0.25, 0.3) is 0 Å². The van der Waals surface area contributed by atoms with Crippen LogP contribution in [0.4, 0.5) is 5.69 Å². The number of carbonyl (C=O) groups is 2. The van der Waals surface area contributed by atoms with Crippen molar-refractivity contribution in [2.24, 2.45) is 5.14 Å². The number of rotatable bonds is 7. The fraction of sp³-hybridized carbons (Fsp3) is 0.300.